The van der Waals surface area contributed by atoms with E-state index in [2.05, 4.69) is 4.74 Å². The van der Waals surface area contributed by atoms with Gasteiger partial charge in [0.05, 0.1) is 18.4 Å². The van der Waals surface area contributed by atoms with Crippen molar-refractivity contribution in [2.45, 2.75) is 17.0 Å². The summed E-state index contributed by atoms with van der Waals surface area (Å²) in [6, 6.07) is -1.15. The molecule has 1 unspecified atom stereocenters. The highest BCUT2D eigenvalue weighted by atomic mass is 33.1. The van der Waals surface area contributed by atoms with E-state index >= 15 is 0 Å². The minimum Gasteiger partial charge on any atom is -0.467 e. The van der Waals surface area contributed by atoms with E-state index in [0.29, 0.717) is 0 Å². The number of esters is 1. The van der Waals surface area contributed by atoms with E-state index in [0.717, 1.165) is 17.9 Å². The molecule has 0 aromatic carbocycles. The normalized spacial score (nSPS) is 15.2. The molecular formula is C8H17N3O4S2. The fraction of sp³-hybridized carbons (Fsp3) is 0.750. The van der Waals surface area contributed by atoms with Crippen molar-refractivity contribution < 1.29 is 19.4 Å². The van der Waals surface area contributed by atoms with Gasteiger partial charge in [0, 0.05) is 0 Å². The van der Waals surface area contributed by atoms with Gasteiger partial charge in [-0.05, 0) is 6.26 Å². The Kier molecular flexibility index (Phi) is 7.05. The summed E-state index contributed by atoms with van der Waals surface area (Å²) in [5.41, 5.74) is 15.0. The molecule has 0 saturated heterocycles. The van der Waals surface area contributed by atoms with Crippen molar-refractivity contribution in [2.75, 3.05) is 20.0 Å². The topological polar surface area (TPSA) is 142 Å². The summed E-state index contributed by atoms with van der Waals surface area (Å²) in [4.78, 5) is 22.8. The first kappa shape index (κ1) is 16.7. The second kappa shape index (κ2) is 7.19. The second-order valence-corrected chi connectivity index (χ2v) is 5.87. The number of ketones is 1. The molecule has 100 valence electrons. The largest absolute Gasteiger partial charge is 0.467 e. The first-order valence-corrected chi connectivity index (χ1v) is 7.19. The molecule has 0 heterocycles. The molecule has 0 amide bonds. The Morgan fingerprint density at radius 1 is 1.47 bits per heavy atom. The Bertz CT molecular complexity index is 288. The molecule has 17 heavy (non-hydrogen) atoms. The fourth-order valence-corrected chi connectivity index (χ4v) is 3.30. The SMILES string of the molecule is COC(=O)C(N)(N)C(SSC)[C@H](N)C(=O)CO. The first-order valence-electron chi connectivity index (χ1n) is 4.57. The van der Waals surface area contributed by atoms with Gasteiger partial charge in [-0.25, -0.2) is 4.79 Å². The van der Waals surface area contributed by atoms with E-state index in [1.54, 1.807) is 6.26 Å². The summed E-state index contributed by atoms with van der Waals surface area (Å²) in [5.74, 6) is -1.51. The zero-order valence-corrected chi connectivity index (χ0v) is 11.2. The van der Waals surface area contributed by atoms with E-state index in [4.69, 9.17) is 22.3 Å². The molecule has 0 bridgehead atoms. The van der Waals surface area contributed by atoms with Crippen molar-refractivity contribution in [2.24, 2.45) is 17.2 Å². The lowest BCUT2D eigenvalue weighted by Gasteiger charge is -2.33. The Hall–Kier alpha value is -0.320. The van der Waals surface area contributed by atoms with Crippen molar-refractivity contribution in [3.8, 4) is 0 Å². The van der Waals surface area contributed by atoms with Crippen LogP contribution in [0.25, 0.3) is 0 Å². The van der Waals surface area contributed by atoms with Gasteiger partial charge >= 0.3 is 5.97 Å². The molecule has 7 N–H and O–H groups in total. The molecule has 2 atom stereocenters. The van der Waals surface area contributed by atoms with Crippen molar-refractivity contribution in [1.29, 1.82) is 0 Å². The average molecular weight is 283 g/mol. The third kappa shape index (κ3) is 4.12. The third-order valence-electron chi connectivity index (χ3n) is 2.06. The minimum atomic E-state index is -1.90. The number of carbonyl (C=O) groups is 2. The highest BCUT2D eigenvalue weighted by Crippen LogP contribution is 2.31. The molecule has 0 aliphatic heterocycles. The number of hydrogen-bond donors (Lipinski definition) is 4. The predicted octanol–water partition coefficient (Wildman–Crippen LogP) is -1.96. The van der Waals surface area contributed by atoms with Crippen molar-refractivity contribution >= 4 is 33.3 Å². The van der Waals surface area contributed by atoms with Crippen LogP contribution >= 0.6 is 21.6 Å². The van der Waals surface area contributed by atoms with Gasteiger partial charge in [0.1, 0.15) is 6.61 Å². The van der Waals surface area contributed by atoms with Crippen LogP contribution in [-0.2, 0) is 14.3 Å². The van der Waals surface area contributed by atoms with Crippen LogP contribution in [0.1, 0.15) is 0 Å². The Labute approximate surface area is 107 Å². The van der Waals surface area contributed by atoms with E-state index in [1.165, 1.54) is 10.8 Å². The Morgan fingerprint density at radius 3 is 2.35 bits per heavy atom. The van der Waals surface area contributed by atoms with E-state index in [1.807, 2.05) is 0 Å². The molecule has 0 fully saturated rings. The molecule has 0 aliphatic carbocycles. The van der Waals surface area contributed by atoms with Gasteiger partial charge in [0.2, 0.25) is 0 Å². The summed E-state index contributed by atoms with van der Waals surface area (Å²) in [6.07, 6.45) is 1.72. The molecule has 0 saturated carbocycles. The number of aliphatic hydroxyl groups excluding tert-OH is 1. The summed E-state index contributed by atoms with van der Waals surface area (Å²) in [6.45, 7) is -0.732. The molecule has 0 aromatic rings. The summed E-state index contributed by atoms with van der Waals surface area (Å²) >= 11 is 0. The van der Waals surface area contributed by atoms with Crippen LogP contribution in [0, 0.1) is 0 Å². The molecule has 7 nitrogen and oxygen atoms in total. The lowest BCUT2D eigenvalue weighted by Crippen LogP contribution is -2.69. The van der Waals surface area contributed by atoms with Gasteiger partial charge in [0.15, 0.2) is 11.4 Å². The van der Waals surface area contributed by atoms with E-state index in [-0.39, 0.29) is 0 Å². The monoisotopic (exact) mass is 283 g/mol. The number of aliphatic hydroxyl groups is 1. The smallest absolute Gasteiger partial charge is 0.341 e. The van der Waals surface area contributed by atoms with Crippen molar-refractivity contribution in [1.82, 2.24) is 0 Å². The van der Waals surface area contributed by atoms with Gasteiger partial charge in [-0.2, -0.15) is 0 Å². The number of carbonyl (C=O) groups excluding carboxylic acids is 2. The van der Waals surface area contributed by atoms with Crippen molar-refractivity contribution in [3.63, 3.8) is 0 Å². The number of nitrogens with two attached hydrogens (primary N) is 3. The van der Waals surface area contributed by atoms with Crippen LogP contribution in [0.3, 0.4) is 0 Å². The van der Waals surface area contributed by atoms with E-state index < -0.39 is 35.3 Å². The van der Waals surface area contributed by atoms with Gasteiger partial charge in [-0.1, -0.05) is 21.6 Å². The molecule has 0 spiro atoms. The maximum absolute atomic E-state index is 11.4. The molecule has 9 heteroatoms. The Morgan fingerprint density at radius 2 is 2.00 bits per heavy atom. The number of hydrogen-bond acceptors (Lipinski definition) is 9. The summed E-state index contributed by atoms with van der Waals surface area (Å²) < 4.78 is 4.46. The third-order valence-corrected chi connectivity index (χ3v) is 4.35. The van der Waals surface area contributed by atoms with Gasteiger partial charge in [-0.15, -0.1) is 0 Å². The standard InChI is InChI=1S/C8H17N3O4S2/c1-15-7(14)8(10,11)6(17-16-2)5(9)4(13)3-12/h5-6,12H,3,9-11H2,1-2H3/t5-,6?/m1/s1. The highest BCUT2D eigenvalue weighted by Gasteiger charge is 2.45. The average Bonchev–Trinajstić information content (AvgIpc) is 2.32. The zero-order chi connectivity index (χ0) is 13.6. The van der Waals surface area contributed by atoms with Crippen LogP contribution in [0.4, 0.5) is 0 Å². The molecule has 0 aromatic heterocycles. The second-order valence-electron chi connectivity index (χ2n) is 3.26. The number of rotatable bonds is 7. The minimum absolute atomic E-state index is 0.638. The van der Waals surface area contributed by atoms with Crippen molar-refractivity contribution in [3.05, 3.63) is 0 Å². The Balaban J connectivity index is 5.07. The molecule has 0 aliphatic rings. The number of ether oxygens (including phenoxy) is 1. The fourth-order valence-electron chi connectivity index (χ4n) is 1.11. The van der Waals surface area contributed by atoms with Gasteiger partial charge in [-0.3, -0.25) is 4.79 Å². The summed E-state index contributed by atoms with van der Waals surface area (Å²) in [5, 5.41) is 7.84. The maximum atomic E-state index is 11.4. The molecule has 0 radical (unpaired) electrons. The number of Topliss-reactive ketones (excluding diaryl/α,β-unsaturated/α-hetero) is 1. The van der Waals surface area contributed by atoms with Crippen LogP contribution < -0.4 is 17.2 Å². The van der Waals surface area contributed by atoms with Crippen LogP contribution in [-0.4, -0.2) is 53.8 Å². The van der Waals surface area contributed by atoms with E-state index in [9.17, 15) is 9.59 Å². The van der Waals surface area contributed by atoms with Gasteiger partial charge in [0.25, 0.3) is 0 Å². The van der Waals surface area contributed by atoms with Crippen LogP contribution in [0.2, 0.25) is 0 Å². The zero-order valence-electron chi connectivity index (χ0n) is 9.58. The van der Waals surface area contributed by atoms with Crippen LogP contribution in [0.15, 0.2) is 0 Å². The number of methoxy groups -OCH3 is 1. The lowest BCUT2D eigenvalue weighted by atomic mass is 9.99. The predicted molar refractivity (Wildman–Crippen MR) is 68.1 cm³/mol. The molecule has 0 rings (SSSR count). The quantitative estimate of drug-likeness (QED) is 0.238. The first-order chi connectivity index (χ1) is 7.82. The molecular weight excluding hydrogens is 266 g/mol. The van der Waals surface area contributed by atoms with Gasteiger partial charge < -0.3 is 27.0 Å². The maximum Gasteiger partial charge on any atom is 0.341 e. The lowest BCUT2D eigenvalue weighted by molar-refractivity contribution is -0.147. The van der Waals surface area contributed by atoms with Crippen LogP contribution in [0.5, 0.6) is 0 Å². The highest BCUT2D eigenvalue weighted by molar-refractivity contribution is 8.76. The summed E-state index contributed by atoms with van der Waals surface area (Å²) in [7, 11) is 3.48.